The molecule has 1 unspecified atom stereocenters. The zero-order chi connectivity index (χ0) is 14.0. The highest BCUT2D eigenvalue weighted by Gasteiger charge is 2.27. The van der Waals surface area contributed by atoms with Crippen LogP contribution in [0.1, 0.15) is 29.8 Å². The van der Waals surface area contributed by atoms with Crippen molar-refractivity contribution in [1.82, 2.24) is 10.3 Å². The van der Waals surface area contributed by atoms with Gasteiger partial charge in [-0.2, -0.15) is 5.26 Å². The number of pyridine rings is 1. The molecule has 1 fully saturated rings. The minimum absolute atomic E-state index is 0.259. The predicted molar refractivity (Wildman–Crippen MR) is 68.2 cm³/mol. The Morgan fingerprint density at radius 1 is 1.47 bits per heavy atom. The number of nitriles is 1. The highest BCUT2D eigenvalue weighted by Crippen LogP contribution is 2.21. The quantitative estimate of drug-likeness (QED) is 0.765. The van der Waals surface area contributed by atoms with Crippen LogP contribution in [0.2, 0.25) is 0 Å². The largest absolute Gasteiger partial charge is 0.372 e. The molecule has 2 heterocycles. The van der Waals surface area contributed by atoms with E-state index < -0.39 is 6.04 Å². The second kappa shape index (κ2) is 5.06. The highest BCUT2D eigenvalue weighted by atomic mass is 16.2. The second-order valence-corrected chi connectivity index (χ2v) is 4.53. The molecule has 2 rings (SSSR count). The molecule has 2 N–H and O–H groups in total. The van der Waals surface area contributed by atoms with Crippen LogP contribution >= 0.6 is 0 Å². The Morgan fingerprint density at radius 3 is 2.84 bits per heavy atom. The molecule has 0 aromatic carbocycles. The number of hydrogen-bond acceptors (Lipinski definition) is 5. The first kappa shape index (κ1) is 13.0. The molecule has 1 aliphatic rings. The lowest BCUT2D eigenvalue weighted by Gasteiger charge is -2.23. The summed E-state index contributed by atoms with van der Waals surface area (Å²) in [4.78, 5) is 27.0. The summed E-state index contributed by atoms with van der Waals surface area (Å²) < 4.78 is 0. The van der Waals surface area contributed by atoms with Crippen LogP contribution in [0.3, 0.4) is 0 Å². The average Bonchev–Trinajstić information content (AvgIpc) is 2.32. The van der Waals surface area contributed by atoms with E-state index in [1.807, 2.05) is 6.92 Å². The minimum atomic E-state index is -0.494. The van der Waals surface area contributed by atoms with Crippen LogP contribution in [0.4, 0.5) is 5.69 Å². The zero-order valence-electron chi connectivity index (χ0n) is 10.8. The number of anilines is 1. The van der Waals surface area contributed by atoms with Crippen molar-refractivity contribution in [3.8, 4) is 6.07 Å². The Balaban J connectivity index is 2.26. The Kier molecular flexibility index (Phi) is 3.47. The first-order valence-electron chi connectivity index (χ1n) is 6.00. The molecule has 1 atom stereocenters. The second-order valence-electron chi connectivity index (χ2n) is 4.53. The van der Waals surface area contributed by atoms with Gasteiger partial charge in [0.25, 0.3) is 0 Å². The standard InChI is InChI=1S/C13H14N4O2/c1-7-5-11(9(6-14)8(2)15-7)16-10-3-4-12(18)17-13(10)19/h5,10H,3-4H2,1-2H3,(H,15,16)(H,17,18,19). The van der Waals surface area contributed by atoms with E-state index in [-0.39, 0.29) is 11.8 Å². The molecule has 0 spiro atoms. The summed E-state index contributed by atoms with van der Waals surface area (Å²) in [7, 11) is 0. The fourth-order valence-electron chi connectivity index (χ4n) is 2.10. The van der Waals surface area contributed by atoms with Crippen molar-refractivity contribution in [1.29, 1.82) is 5.26 Å². The molecule has 19 heavy (non-hydrogen) atoms. The van der Waals surface area contributed by atoms with Gasteiger partial charge in [-0.3, -0.25) is 19.9 Å². The van der Waals surface area contributed by atoms with Gasteiger partial charge in [-0.15, -0.1) is 0 Å². The maximum Gasteiger partial charge on any atom is 0.249 e. The molecule has 1 saturated heterocycles. The number of carbonyl (C=O) groups is 2. The number of hydrogen-bond donors (Lipinski definition) is 2. The molecule has 1 aromatic heterocycles. The Hall–Kier alpha value is -2.42. The first-order valence-corrected chi connectivity index (χ1v) is 6.00. The van der Waals surface area contributed by atoms with Crippen molar-refractivity contribution in [3.63, 3.8) is 0 Å². The topological polar surface area (TPSA) is 94.9 Å². The number of aromatic nitrogens is 1. The van der Waals surface area contributed by atoms with Gasteiger partial charge in [-0.25, -0.2) is 0 Å². The third-order valence-electron chi connectivity index (χ3n) is 3.01. The Bertz CT molecular complexity index is 589. The van der Waals surface area contributed by atoms with Crippen molar-refractivity contribution < 1.29 is 9.59 Å². The van der Waals surface area contributed by atoms with Gasteiger partial charge in [-0.1, -0.05) is 0 Å². The zero-order valence-corrected chi connectivity index (χ0v) is 10.8. The molecule has 1 aliphatic heterocycles. The summed E-state index contributed by atoms with van der Waals surface area (Å²) in [5.41, 5.74) is 2.40. The van der Waals surface area contributed by atoms with Crippen LogP contribution in [-0.4, -0.2) is 22.8 Å². The number of aryl methyl sites for hydroxylation is 2. The van der Waals surface area contributed by atoms with Gasteiger partial charge in [0, 0.05) is 12.1 Å². The van der Waals surface area contributed by atoms with Gasteiger partial charge in [-0.05, 0) is 26.3 Å². The molecule has 0 aliphatic carbocycles. The van der Waals surface area contributed by atoms with Crippen molar-refractivity contribution in [3.05, 3.63) is 23.0 Å². The normalized spacial score (nSPS) is 18.7. The summed E-state index contributed by atoms with van der Waals surface area (Å²) in [6, 6.07) is 3.32. The van der Waals surface area contributed by atoms with Crippen molar-refractivity contribution in [2.45, 2.75) is 32.7 Å². The maximum atomic E-state index is 11.7. The van der Waals surface area contributed by atoms with Crippen LogP contribution in [0.25, 0.3) is 0 Å². The van der Waals surface area contributed by atoms with E-state index >= 15 is 0 Å². The number of nitrogens with one attached hydrogen (secondary N) is 2. The van der Waals surface area contributed by atoms with E-state index in [1.165, 1.54) is 0 Å². The fraction of sp³-hybridized carbons (Fsp3) is 0.385. The van der Waals surface area contributed by atoms with Crippen LogP contribution < -0.4 is 10.6 Å². The van der Waals surface area contributed by atoms with E-state index in [1.54, 1.807) is 13.0 Å². The molecule has 98 valence electrons. The molecule has 0 bridgehead atoms. The summed E-state index contributed by atoms with van der Waals surface area (Å²) in [5, 5.41) is 14.4. The van der Waals surface area contributed by atoms with Crippen LogP contribution in [0, 0.1) is 25.2 Å². The lowest BCUT2D eigenvalue weighted by atomic mass is 10.0. The van der Waals surface area contributed by atoms with Crippen molar-refractivity contribution in [2.75, 3.05) is 5.32 Å². The molecule has 2 amide bonds. The highest BCUT2D eigenvalue weighted by molar-refractivity contribution is 6.01. The van der Waals surface area contributed by atoms with E-state index in [9.17, 15) is 9.59 Å². The summed E-state index contributed by atoms with van der Waals surface area (Å²) in [5.74, 6) is -0.613. The number of piperidine rings is 1. The minimum Gasteiger partial charge on any atom is -0.372 e. The predicted octanol–water partition coefficient (Wildman–Crippen LogP) is 0.787. The van der Waals surface area contributed by atoms with Crippen LogP contribution in [0.15, 0.2) is 6.07 Å². The summed E-state index contributed by atoms with van der Waals surface area (Å²) >= 11 is 0. The maximum absolute atomic E-state index is 11.7. The molecule has 6 nitrogen and oxygen atoms in total. The number of nitrogens with zero attached hydrogens (tertiary/aromatic N) is 2. The van der Waals surface area contributed by atoms with Crippen LogP contribution in [-0.2, 0) is 9.59 Å². The van der Waals surface area contributed by atoms with E-state index in [4.69, 9.17) is 5.26 Å². The van der Waals surface area contributed by atoms with E-state index in [2.05, 4.69) is 21.7 Å². The van der Waals surface area contributed by atoms with Gasteiger partial charge in [0.1, 0.15) is 12.1 Å². The van der Waals surface area contributed by atoms with Crippen LogP contribution in [0.5, 0.6) is 0 Å². The Morgan fingerprint density at radius 2 is 2.21 bits per heavy atom. The average molecular weight is 258 g/mol. The lowest BCUT2D eigenvalue weighted by Crippen LogP contribution is -2.47. The molecular formula is C13H14N4O2. The Labute approximate surface area is 110 Å². The first-order chi connectivity index (χ1) is 9.01. The van der Waals surface area contributed by atoms with Gasteiger partial charge in [0.05, 0.1) is 16.9 Å². The monoisotopic (exact) mass is 258 g/mol. The summed E-state index contributed by atoms with van der Waals surface area (Å²) in [6.45, 7) is 3.57. The molecule has 6 heteroatoms. The third-order valence-corrected chi connectivity index (χ3v) is 3.01. The van der Waals surface area contributed by atoms with Crippen molar-refractivity contribution >= 4 is 17.5 Å². The fourth-order valence-corrected chi connectivity index (χ4v) is 2.10. The number of amides is 2. The van der Waals surface area contributed by atoms with Gasteiger partial charge in [0.2, 0.25) is 11.8 Å². The number of rotatable bonds is 2. The number of carbonyl (C=O) groups excluding carboxylic acids is 2. The SMILES string of the molecule is Cc1cc(NC2CCC(=O)NC2=O)c(C#N)c(C)n1. The lowest BCUT2D eigenvalue weighted by molar-refractivity contribution is -0.133. The van der Waals surface area contributed by atoms with Gasteiger partial charge < -0.3 is 5.32 Å². The third kappa shape index (κ3) is 2.71. The van der Waals surface area contributed by atoms with Gasteiger partial charge >= 0.3 is 0 Å². The van der Waals surface area contributed by atoms with E-state index in [0.29, 0.717) is 29.8 Å². The smallest absolute Gasteiger partial charge is 0.249 e. The summed E-state index contributed by atoms with van der Waals surface area (Å²) in [6.07, 6.45) is 0.726. The van der Waals surface area contributed by atoms with Gasteiger partial charge in [0.15, 0.2) is 0 Å². The molecule has 1 aromatic rings. The molecule has 0 radical (unpaired) electrons. The molecule has 0 saturated carbocycles. The molecular weight excluding hydrogens is 244 g/mol. The van der Waals surface area contributed by atoms with E-state index in [0.717, 1.165) is 5.69 Å². The number of imide groups is 1. The van der Waals surface area contributed by atoms with Crippen molar-refractivity contribution in [2.24, 2.45) is 0 Å².